The van der Waals surface area contributed by atoms with Crippen molar-refractivity contribution in [2.45, 2.75) is 39.2 Å². The third kappa shape index (κ3) is 4.34. The van der Waals surface area contributed by atoms with E-state index in [9.17, 15) is 9.59 Å². The van der Waals surface area contributed by atoms with Gasteiger partial charge in [-0.3, -0.25) is 9.59 Å². The third-order valence-electron chi connectivity index (χ3n) is 3.10. The highest BCUT2D eigenvalue weighted by molar-refractivity contribution is 5.82. The molecule has 17 heavy (non-hydrogen) atoms. The summed E-state index contributed by atoms with van der Waals surface area (Å²) >= 11 is 0. The highest BCUT2D eigenvalue weighted by atomic mass is 16.4. The summed E-state index contributed by atoms with van der Waals surface area (Å²) in [5.41, 5.74) is 5.84. The molecule has 1 unspecified atom stereocenters. The van der Waals surface area contributed by atoms with Crippen molar-refractivity contribution in [3.63, 3.8) is 0 Å². The number of carboxylic acids is 1. The minimum atomic E-state index is -0.796. The summed E-state index contributed by atoms with van der Waals surface area (Å²) in [6.07, 6.45) is 1.59. The minimum Gasteiger partial charge on any atom is -0.481 e. The number of carbonyl (C=O) groups excluding carboxylic acids is 1. The van der Waals surface area contributed by atoms with Crippen molar-refractivity contribution in [3.8, 4) is 0 Å². The van der Waals surface area contributed by atoms with Gasteiger partial charge >= 0.3 is 5.97 Å². The fourth-order valence-electron chi connectivity index (χ4n) is 2.29. The Bertz CT molecular complexity index is 291. The van der Waals surface area contributed by atoms with Crippen LogP contribution in [0.1, 0.15) is 33.1 Å². The van der Waals surface area contributed by atoms with Gasteiger partial charge in [-0.15, -0.1) is 0 Å². The molecular weight excluding hydrogens is 220 g/mol. The fraction of sp³-hybridized carbons (Fsp3) is 0.833. The molecule has 0 spiro atoms. The van der Waals surface area contributed by atoms with E-state index < -0.39 is 12.0 Å². The van der Waals surface area contributed by atoms with E-state index in [1.54, 1.807) is 4.90 Å². The maximum absolute atomic E-state index is 12.0. The molecule has 0 aromatic rings. The van der Waals surface area contributed by atoms with Gasteiger partial charge in [0.2, 0.25) is 5.91 Å². The number of amides is 1. The molecule has 1 rings (SSSR count). The van der Waals surface area contributed by atoms with Crippen LogP contribution in [0.5, 0.6) is 0 Å². The quantitative estimate of drug-likeness (QED) is 0.742. The van der Waals surface area contributed by atoms with Crippen molar-refractivity contribution in [3.05, 3.63) is 0 Å². The number of nitrogens with two attached hydrogens (primary N) is 1. The monoisotopic (exact) mass is 242 g/mol. The van der Waals surface area contributed by atoms with Crippen LogP contribution in [-0.2, 0) is 9.59 Å². The van der Waals surface area contributed by atoms with Crippen molar-refractivity contribution >= 4 is 11.9 Å². The average Bonchev–Trinajstić information content (AvgIpc) is 2.62. The molecule has 0 aromatic heterocycles. The number of likely N-dealkylation sites (tertiary alicyclic amines) is 1. The molecule has 98 valence electrons. The van der Waals surface area contributed by atoms with Gasteiger partial charge in [0.15, 0.2) is 0 Å². The highest BCUT2D eigenvalue weighted by Crippen LogP contribution is 2.20. The lowest BCUT2D eigenvalue weighted by molar-refractivity contribution is -0.138. The normalized spacial score (nSPS) is 21.9. The summed E-state index contributed by atoms with van der Waals surface area (Å²) in [7, 11) is 0. The number of rotatable bonds is 5. The first-order chi connectivity index (χ1) is 7.90. The molecule has 0 aromatic carbocycles. The SMILES string of the molecule is CC(C)C[C@H](N)C(=O)N1CCC(CC(=O)O)C1. The van der Waals surface area contributed by atoms with Gasteiger partial charge in [-0.1, -0.05) is 13.8 Å². The maximum atomic E-state index is 12.0. The molecule has 0 radical (unpaired) electrons. The summed E-state index contributed by atoms with van der Waals surface area (Å²) in [5, 5.41) is 8.70. The van der Waals surface area contributed by atoms with E-state index in [4.69, 9.17) is 10.8 Å². The van der Waals surface area contributed by atoms with Gasteiger partial charge in [0.1, 0.15) is 0 Å². The maximum Gasteiger partial charge on any atom is 0.303 e. The molecule has 1 heterocycles. The first kappa shape index (κ1) is 14.0. The second-order valence-corrected chi connectivity index (χ2v) is 5.27. The molecular formula is C12H22N2O3. The van der Waals surface area contributed by atoms with Crippen LogP contribution in [0.2, 0.25) is 0 Å². The third-order valence-corrected chi connectivity index (χ3v) is 3.10. The Kier molecular flexibility index (Phi) is 4.93. The van der Waals surface area contributed by atoms with Crippen LogP contribution >= 0.6 is 0 Å². The number of nitrogens with zero attached hydrogens (tertiary/aromatic N) is 1. The zero-order chi connectivity index (χ0) is 13.0. The number of carboxylic acid groups (broad SMARTS) is 1. The predicted molar refractivity (Wildman–Crippen MR) is 64.4 cm³/mol. The van der Waals surface area contributed by atoms with Gasteiger partial charge in [-0.05, 0) is 24.7 Å². The standard InChI is InChI=1S/C12H22N2O3/c1-8(2)5-10(13)12(17)14-4-3-9(7-14)6-11(15)16/h8-10H,3-7,13H2,1-2H3,(H,15,16)/t9?,10-/m0/s1. The molecule has 5 heteroatoms. The lowest BCUT2D eigenvalue weighted by atomic mass is 10.0. The van der Waals surface area contributed by atoms with Gasteiger partial charge in [-0.25, -0.2) is 0 Å². The number of carbonyl (C=O) groups is 2. The van der Waals surface area contributed by atoms with Crippen molar-refractivity contribution in [1.82, 2.24) is 4.90 Å². The Hall–Kier alpha value is -1.10. The van der Waals surface area contributed by atoms with E-state index >= 15 is 0 Å². The predicted octanol–water partition coefficient (Wildman–Crippen LogP) is 0.683. The summed E-state index contributed by atoms with van der Waals surface area (Å²) in [5.74, 6) is -0.351. The van der Waals surface area contributed by atoms with Gasteiger partial charge in [0.25, 0.3) is 0 Å². The molecule has 3 N–H and O–H groups in total. The van der Waals surface area contributed by atoms with Crippen molar-refractivity contribution in [2.24, 2.45) is 17.6 Å². The molecule has 0 aliphatic carbocycles. The second kappa shape index (κ2) is 6.00. The Morgan fingerprint density at radius 1 is 1.47 bits per heavy atom. The van der Waals surface area contributed by atoms with Gasteiger partial charge in [-0.2, -0.15) is 0 Å². The summed E-state index contributed by atoms with van der Waals surface area (Å²) in [6.45, 7) is 5.24. The van der Waals surface area contributed by atoms with Crippen LogP contribution in [0, 0.1) is 11.8 Å². The van der Waals surface area contributed by atoms with E-state index in [-0.39, 0.29) is 18.2 Å². The zero-order valence-electron chi connectivity index (χ0n) is 10.6. The van der Waals surface area contributed by atoms with E-state index in [2.05, 4.69) is 0 Å². The summed E-state index contributed by atoms with van der Waals surface area (Å²) in [6, 6.07) is -0.446. The lowest BCUT2D eigenvalue weighted by Gasteiger charge is -2.21. The largest absolute Gasteiger partial charge is 0.481 e. The van der Waals surface area contributed by atoms with Crippen LogP contribution < -0.4 is 5.73 Å². The molecule has 1 aliphatic rings. The molecule has 5 nitrogen and oxygen atoms in total. The van der Waals surface area contributed by atoms with Gasteiger partial charge in [0.05, 0.1) is 6.04 Å². The number of hydrogen-bond donors (Lipinski definition) is 2. The molecule has 2 atom stereocenters. The van der Waals surface area contributed by atoms with E-state index in [0.717, 1.165) is 6.42 Å². The van der Waals surface area contributed by atoms with Crippen LogP contribution in [-0.4, -0.2) is 41.0 Å². The summed E-state index contributed by atoms with van der Waals surface area (Å²) < 4.78 is 0. The fourth-order valence-corrected chi connectivity index (χ4v) is 2.29. The number of hydrogen-bond acceptors (Lipinski definition) is 3. The topological polar surface area (TPSA) is 83.6 Å². The van der Waals surface area contributed by atoms with E-state index in [1.807, 2.05) is 13.8 Å². The van der Waals surface area contributed by atoms with Crippen LogP contribution in [0.25, 0.3) is 0 Å². The van der Waals surface area contributed by atoms with Crippen molar-refractivity contribution in [1.29, 1.82) is 0 Å². The van der Waals surface area contributed by atoms with Crippen molar-refractivity contribution in [2.75, 3.05) is 13.1 Å². The average molecular weight is 242 g/mol. The summed E-state index contributed by atoms with van der Waals surface area (Å²) in [4.78, 5) is 24.3. The first-order valence-corrected chi connectivity index (χ1v) is 6.16. The number of aliphatic carboxylic acids is 1. The second-order valence-electron chi connectivity index (χ2n) is 5.27. The molecule has 0 bridgehead atoms. The molecule has 1 fully saturated rings. The van der Waals surface area contributed by atoms with Crippen molar-refractivity contribution < 1.29 is 14.7 Å². The Balaban J connectivity index is 2.42. The van der Waals surface area contributed by atoms with Gasteiger partial charge < -0.3 is 15.7 Å². The molecule has 1 amide bonds. The van der Waals surface area contributed by atoms with Crippen LogP contribution in [0.3, 0.4) is 0 Å². The van der Waals surface area contributed by atoms with E-state index in [0.29, 0.717) is 25.4 Å². The minimum absolute atomic E-state index is 0.0356. The first-order valence-electron chi connectivity index (χ1n) is 6.16. The lowest BCUT2D eigenvalue weighted by Crippen LogP contribution is -2.43. The molecule has 1 saturated heterocycles. The van der Waals surface area contributed by atoms with E-state index in [1.165, 1.54) is 0 Å². The van der Waals surface area contributed by atoms with Gasteiger partial charge in [0, 0.05) is 19.5 Å². The molecule has 0 saturated carbocycles. The zero-order valence-corrected chi connectivity index (χ0v) is 10.6. The Morgan fingerprint density at radius 2 is 2.12 bits per heavy atom. The highest BCUT2D eigenvalue weighted by Gasteiger charge is 2.30. The Morgan fingerprint density at radius 3 is 2.65 bits per heavy atom. The van der Waals surface area contributed by atoms with Crippen LogP contribution in [0.4, 0.5) is 0 Å². The molecule has 1 aliphatic heterocycles. The Labute approximate surface area is 102 Å². The van der Waals surface area contributed by atoms with Crippen LogP contribution in [0.15, 0.2) is 0 Å². The smallest absolute Gasteiger partial charge is 0.303 e.